The van der Waals surface area contributed by atoms with E-state index in [-0.39, 0.29) is 19.4 Å². The number of aliphatic hydroxyl groups excluding tert-OH is 7. The highest BCUT2D eigenvalue weighted by Crippen LogP contribution is 2.26. The van der Waals surface area contributed by atoms with Crippen molar-refractivity contribution in [2.75, 3.05) is 26.4 Å². The maximum absolute atomic E-state index is 13.0. The Morgan fingerprint density at radius 2 is 0.925 bits per heavy atom. The van der Waals surface area contributed by atoms with Crippen molar-refractivity contribution in [1.82, 2.24) is 0 Å². The Hall–Kier alpha value is -3.06. The van der Waals surface area contributed by atoms with Crippen LogP contribution in [0.5, 0.6) is 0 Å². The van der Waals surface area contributed by atoms with Crippen molar-refractivity contribution in [1.29, 1.82) is 0 Å². The largest absolute Gasteiger partial charge is 0.462 e. The summed E-state index contributed by atoms with van der Waals surface area (Å²) in [7, 11) is 0. The van der Waals surface area contributed by atoms with E-state index in [4.69, 9.17) is 28.4 Å². The van der Waals surface area contributed by atoms with Gasteiger partial charge in [-0.1, -0.05) is 132 Å². The van der Waals surface area contributed by atoms with Crippen LogP contribution in [0.25, 0.3) is 0 Å². The molecule has 2 heterocycles. The molecule has 0 aromatic carbocycles. The van der Waals surface area contributed by atoms with Gasteiger partial charge in [-0.05, 0) is 77.0 Å². The van der Waals surface area contributed by atoms with Gasteiger partial charge in [0.25, 0.3) is 0 Å². The molecule has 0 aromatic heterocycles. The van der Waals surface area contributed by atoms with Gasteiger partial charge in [0.15, 0.2) is 18.7 Å². The van der Waals surface area contributed by atoms with Crippen molar-refractivity contribution < 1.29 is 73.8 Å². The van der Waals surface area contributed by atoms with E-state index < -0.39 is 99.3 Å². The molecule has 2 rings (SSSR count). The number of rotatable bonds is 37. The molecule has 2 saturated heterocycles. The minimum Gasteiger partial charge on any atom is -0.462 e. The van der Waals surface area contributed by atoms with Crippen molar-refractivity contribution in [3.63, 3.8) is 0 Å². The summed E-state index contributed by atoms with van der Waals surface area (Å²) in [6, 6.07) is 0. The molecule has 11 atom stereocenters. The van der Waals surface area contributed by atoms with Crippen molar-refractivity contribution in [3.05, 3.63) is 72.9 Å². The topological polar surface area (TPSA) is 231 Å². The lowest BCUT2D eigenvalue weighted by molar-refractivity contribution is -0.332. The Morgan fingerprint density at radius 1 is 0.478 bits per heavy atom. The second-order valence-corrected chi connectivity index (χ2v) is 17.3. The van der Waals surface area contributed by atoms with Crippen LogP contribution in [0.15, 0.2) is 72.9 Å². The van der Waals surface area contributed by atoms with Gasteiger partial charge >= 0.3 is 11.9 Å². The average Bonchev–Trinajstić information content (AvgIpc) is 3.32. The minimum atomic E-state index is -1.78. The monoisotopic (exact) mass is 951 g/mol. The molecule has 7 N–H and O–H groups in total. The third kappa shape index (κ3) is 27.1. The number of allylic oxidation sites excluding steroid dienone is 12. The van der Waals surface area contributed by atoms with Crippen molar-refractivity contribution in [3.8, 4) is 0 Å². The summed E-state index contributed by atoms with van der Waals surface area (Å²) in [4.78, 5) is 25.7. The van der Waals surface area contributed by atoms with Crippen LogP contribution in [0.1, 0.15) is 149 Å². The van der Waals surface area contributed by atoms with Crippen LogP contribution in [0.3, 0.4) is 0 Å². The SMILES string of the molecule is CCC/C=C/C/C=C/C/C=C/C/C=C/CCCCCC(=O)OC[C@@H](CO[C@@H]1O[C@H](CO[C@@H]2O[C@H](CO)[C@H](O)C(O)C2O)[C@H](O)C(O)C1O)OC(=O)CCCCCCC/C=C/C/C=C/CCCC. The highest BCUT2D eigenvalue weighted by molar-refractivity contribution is 5.70. The van der Waals surface area contributed by atoms with Crippen LogP contribution >= 0.6 is 0 Å². The van der Waals surface area contributed by atoms with E-state index >= 15 is 0 Å². The van der Waals surface area contributed by atoms with Gasteiger partial charge in [-0.3, -0.25) is 9.59 Å². The first-order valence-corrected chi connectivity index (χ1v) is 25.0. The van der Waals surface area contributed by atoms with Gasteiger partial charge in [-0.2, -0.15) is 0 Å². The fourth-order valence-electron chi connectivity index (χ4n) is 7.22. The molecule has 0 spiro atoms. The summed E-state index contributed by atoms with van der Waals surface area (Å²) >= 11 is 0. The van der Waals surface area contributed by atoms with Crippen LogP contribution in [0.2, 0.25) is 0 Å². The lowest BCUT2D eigenvalue weighted by atomic mass is 9.98. The van der Waals surface area contributed by atoms with Gasteiger partial charge in [0, 0.05) is 12.8 Å². The molecule has 2 aliphatic heterocycles. The lowest BCUT2D eigenvalue weighted by Gasteiger charge is -2.42. The smallest absolute Gasteiger partial charge is 0.306 e. The van der Waals surface area contributed by atoms with Gasteiger partial charge in [-0.25, -0.2) is 0 Å². The van der Waals surface area contributed by atoms with Crippen LogP contribution in [0, 0.1) is 0 Å². The molecular weight excluding hydrogens is 865 g/mol. The maximum atomic E-state index is 13.0. The Bertz CT molecular complexity index is 1440. The molecule has 0 aromatic rings. The maximum Gasteiger partial charge on any atom is 0.306 e. The minimum absolute atomic E-state index is 0.138. The molecule has 4 unspecified atom stereocenters. The zero-order valence-corrected chi connectivity index (χ0v) is 40.4. The van der Waals surface area contributed by atoms with Crippen LogP contribution < -0.4 is 0 Å². The molecule has 0 bridgehead atoms. The molecule has 0 aliphatic carbocycles. The second-order valence-electron chi connectivity index (χ2n) is 17.3. The van der Waals surface area contributed by atoms with E-state index in [1.165, 1.54) is 19.3 Å². The summed E-state index contributed by atoms with van der Waals surface area (Å²) in [6.07, 6.45) is 27.8. The van der Waals surface area contributed by atoms with Crippen molar-refractivity contribution in [2.45, 2.75) is 216 Å². The van der Waals surface area contributed by atoms with Crippen molar-refractivity contribution in [2.24, 2.45) is 0 Å². The first-order chi connectivity index (χ1) is 32.5. The van der Waals surface area contributed by atoms with Gasteiger partial charge in [0.05, 0.1) is 19.8 Å². The Labute approximate surface area is 400 Å². The summed E-state index contributed by atoms with van der Waals surface area (Å²) in [6.45, 7) is 2.41. The number of hydrogen-bond donors (Lipinski definition) is 7. The Kier molecular flexibility index (Phi) is 34.7. The van der Waals surface area contributed by atoms with Crippen LogP contribution in [-0.2, 0) is 38.0 Å². The third-order valence-corrected chi connectivity index (χ3v) is 11.4. The molecule has 2 fully saturated rings. The number of carbonyl (C=O) groups excluding carboxylic acids is 2. The number of esters is 2. The molecule has 0 saturated carbocycles. The van der Waals surface area contributed by atoms with Gasteiger partial charge in [0.1, 0.15) is 55.4 Å². The van der Waals surface area contributed by atoms with E-state index in [1.54, 1.807) is 0 Å². The van der Waals surface area contributed by atoms with Crippen LogP contribution in [0.4, 0.5) is 0 Å². The highest BCUT2D eigenvalue weighted by atomic mass is 16.7. The summed E-state index contributed by atoms with van der Waals surface area (Å²) in [5.41, 5.74) is 0. The standard InChI is InChI=1S/C52H86O15/c1-3-5-7-9-11-13-15-17-19-20-21-23-24-26-28-30-32-34-43(54)62-37-40(65-44(55)35-33-31-29-27-25-22-18-16-14-12-10-8-6-4-2)38-63-51-50(61)48(59)46(57)42(67-51)39-64-52-49(60)47(58)45(56)41(36-53)66-52/h7,9-10,12-13,15-16,18-20,23-24,40-42,45-53,56-61H,3-6,8,11,14,17,21-22,25-39H2,1-2H3/b9-7+,12-10+,15-13+,18-16+,20-19+,24-23+/t40-,41+,42+,45-,46-,47?,48?,49?,50?,51+,52+/m0/s1. The van der Waals surface area contributed by atoms with Gasteiger partial charge in [0.2, 0.25) is 0 Å². The number of aliphatic hydroxyl groups is 7. The van der Waals surface area contributed by atoms with Crippen molar-refractivity contribution >= 4 is 11.9 Å². The Balaban J connectivity index is 1.84. The van der Waals surface area contributed by atoms with E-state index in [0.29, 0.717) is 12.8 Å². The average molecular weight is 951 g/mol. The molecule has 0 radical (unpaired) electrons. The number of carbonyl (C=O) groups is 2. The van der Waals surface area contributed by atoms with Gasteiger partial charge in [-0.15, -0.1) is 0 Å². The summed E-state index contributed by atoms with van der Waals surface area (Å²) < 4.78 is 33.5. The van der Waals surface area contributed by atoms with E-state index in [9.17, 15) is 45.3 Å². The zero-order valence-electron chi connectivity index (χ0n) is 40.4. The van der Waals surface area contributed by atoms with E-state index in [1.807, 2.05) is 0 Å². The highest BCUT2D eigenvalue weighted by Gasteiger charge is 2.47. The first kappa shape index (κ1) is 60.1. The predicted molar refractivity (Wildman–Crippen MR) is 256 cm³/mol. The number of unbranched alkanes of at least 4 members (excludes halogenated alkanes) is 11. The molecule has 0 amide bonds. The molecule has 15 heteroatoms. The Morgan fingerprint density at radius 3 is 1.48 bits per heavy atom. The van der Waals surface area contributed by atoms with E-state index in [0.717, 1.165) is 89.9 Å². The first-order valence-electron chi connectivity index (χ1n) is 25.0. The number of ether oxygens (including phenoxy) is 6. The molecule has 384 valence electrons. The third-order valence-electron chi connectivity index (χ3n) is 11.4. The second kappa shape index (κ2) is 38.8. The number of hydrogen-bond acceptors (Lipinski definition) is 15. The molecule has 2 aliphatic rings. The molecular formula is C52H86O15. The summed E-state index contributed by atoms with van der Waals surface area (Å²) in [5.74, 6) is -0.985. The fourth-order valence-corrected chi connectivity index (χ4v) is 7.22. The summed E-state index contributed by atoms with van der Waals surface area (Å²) in [5, 5.41) is 72.0. The molecule has 15 nitrogen and oxygen atoms in total. The molecule has 67 heavy (non-hydrogen) atoms. The normalized spacial score (nSPS) is 26.6. The quantitative estimate of drug-likeness (QED) is 0.0196. The zero-order chi connectivity index (χ0) is 48.9. The fraction of sp³-hybridized carbons (Fsp3) is 0.731. The lowest BCUT2D eigenvalue weighted by Crippen LogP contribution is -2.61. The predicted octanol–water partition coefficient (Wildman–Crippen LogP) is 6.65. The van der Waals surface area contributed by atoms with Gasteiger partial charge < -0.3 is 64.2 Å². The van der Waals surface area contributed by atoms with Crippen LogP contribution in [-0.4, -0.2) is 142 Å². The van der Waals surface area contributed by atoms with E-state index in [2.05, 4.69) is 86.8 Å².